The number of nitrogens with zero attached hydrogens (tertiary/aromatic N) is 4. The smallest absolute Gasteiger partial charge is 0.276 e. The zero-order valence-electron chi connectivity index (χ0n) is 10.5. The van der Waals surface area contributed by atoms with Crippen LogP contribution in [0.25, 0.3) is 11.6 Å². The first-order valence-electron chi connectivity index (χ1n) is 6.21. The van der Waals surface area contributed by atoms with E-state index in [1.807, 2.05) is 10.7 Å². The van der Waals surface area contributed by atoms with Crippen molar-refractivity contribution in [2.45, 2.75) is 32.2 Å². The Morgan fingerprint density at radius 2 is 2.33 bits per heavy atom. The van der Waals surface area contributed by atoms with E-state index in [9.17, 15) is 0 Å². The zero-order valence-corrected chi connectivity index (χ0v) is 10.5. The molecule has 6 heteroatoms. The van der Waals surface area contributed by atoms with Crippen molar-refractivity contribution in [2.24, 2.45) is 0 Å². The van der Waals surface area contributed by atoms with E-state index in [-0.39, 0.29) is 12.0 Å². The van der Waals surface area contributed by atoms with Gasteiger partial charge in [-0.2, -0.15) is 10.1 Å². The van der Waals surface area contributed by atoms with Crippen molar-refractivity contribution in [3.63, 3.8) is 0 Å². The fourth-order valence-electron chi connectivity index (χ4n) is 2.14. The molecule has 2 aromatic rings. The van der Waals surface area contributed by atoms with Gasteiger partial charge in [0.05, 0.1) is 6.61 Å². The van der Waals surface area contributed by atoms with Gasteiger partial charge in [-0.05, 0) is 26.3 Å². The summed E-state index contributed by atoms with van der Waals surface area (Å²) in [5, 5.41) is 8.31. The lowest BCUT2D eigenvalue weighted by atomic mass is 10.1. The summed E-state index contributed by atoms with van der Waals surface area (Å²) in [6.07, 6.45) is 2.71. The van der Waals surface area contributed by atoms with Crippen molar-refractivity contribution in [1.82, 2.24) is 19.9 Å². The average Bonchev–Trinajstić information content (AvgIpc) is 3.10. The van der Waals surface area contributed by atoms with Crippen LogP contribution in [0.3, 0.4) is 0 Å². The molecule has 6 nitrogen and oxygen atoms in total. The quantitative estimate of drug-likeness (QED) is 0.831. The fourth-order valence-corrected chi connectivity index (χ4v) is 2.14. The predicted octanol–water partition coefficient (Wildman–Crippen LogP) is 2.02. The Kier molecular flexibility index (Phi) is 2.87. The van der Waals surface area contributed by atoms with Gasteiger partial charge in [-0.3, -0.25) is 4.68 Å². The molecule has 3 heterocycles. The molecule has 0 bridgehead atoms. The molecule has 1 saturated heterocycles. The van der Waals surface area contributed by atoms with Crippen molar-refractivity contribution >= 4 is 0 Å². The van der Waals surface area contributed by atoms with E-state index in [2.05, 4.69) is 29.1 Å². The molecule has 1 atom stereocenters. The Labute approximate surface area is 105 Å². The lowest BCUT2D eigenvalue weighted by molar-refractivity contribution is 0.192. The normalized spacial score (nSPS) is 19.8. The maximum Gasteiger partial charge on any atom is 0.276 e. The Morgan fingerprint density at radius 1 is 1.44 bits per heavy atom. The highest BCUT2D eigenvalue weighted by molar-refractivity contribution is 5.46. The monoisotopic (exact) mass is 248 g/mol. The van der Waals surface area contributed by atoms with Crippen LogP contribution in [-0.2, 0) is 4.74 Å². The topological polar surface area (TPSA) is 66.0 Å². The SMILES string of the molecule is CC(C)n1nccc1-c1nc([C@@H]2CCOC2)no1. The molecule has 1 aliphatic rings. The van der Waals surface area contributed by atoms with Gasteiger partial charge in [0, 0.05) is 24.8 Å². The molecule has 1 fully saturated rings. The summed E-state index contributed by atoms with van der Waals surface area (Å²) >= 11 is 0. The van der Waals surface area contributed by atoms with E-state index in [1.54, 1.807) is 6.20 Å². The second-order valence-electron chi connectivity index (χ2n) is 4.77. The summed E-state index contributed by atoms with van der Waals surface area (Å²) in [7, 11) is 0. The van der Waals surface area contributed by atoms with E-state index in [0.717, 1.165) is 24.5 Å². The molecule has 0 saturated carbocycles. The number of hydrogen-bond acceptors (Lipinski definition) is 5. The molecule has 18 heavy (non-hydrogen) atoms. The van der Waals surface area contributed by atoms with Gasteiger partial charge in [-0.15, -0.1) is 0 Å². The summed E-state index contributed by atoms with van der Waals surface area (Å²) in [4.78, 5) is 4.46. The van der Waals surface area contributed by atoms with Crippen LogP contribution >= 0.6 is 0 Å². The molecule has 0 spiro atoms. The number of ether oxygens (including phenoxy) is 1. The summed E-state index contributed by atoms with van der Waals surface area (Å²) < 4.78 is 12.5. The molecule has 0 amide bonds. The first kappa shape index (κ1) is 11.4. The van der Waals surface area contributed by atoms with Crippen LogP contribution in [0.1, 0.15) is 38.1 Å². The summed E-state index contributed by atoms with van der Waals surface area (Å²) in [6.45, 7) is 5.60. The first-order valence-corrected chi connectivity index (χ1v) is 6.21. The Balaban J connectivity index is 1.90. The van der Waals surface area contributed by atoms with E-state index in [4.69, 9.17) is 9.26 Å². The van der Waals surface area contributed by atoms with Gasteiger partial charge in [-0.25, -0.2) is 0 Å². The largest absolute Gasteiger partial charge is 0.381 e. The molecule has 1 aliphatic heterocycles. The molecular formula is C12H16N4O2. The minimum absolute atomic E-state index is 0.262. The highest BCUT2D eigenvalue weighted by Crippen LogP contribution is 2.26. The molecule has 3 rings (SSSR count). The molecule has 0 radical (unpaired) electrons. The third-order valence-electron chi connectivity index (χ3n) is 3.12. The van der Waals surface area contributed by atoms with Crippen LogP contribution in [-0.4, -0.2) is 33.1 Å². The minimum atomic E-state index is 0.262. The van der Waals surface area contributed by atoms with Crippen LogP contribution in [0.4, 0.5) is 0 Å². The zero-order chi connectivity index (χ0) is 12.5. The summed E-state index contributed by atoms with van der Waals surface area (Å²) in [5.41, 5.74) is 0.864. The predicted molar refractivity (Wildman–Crippen MR) is 64.1 cm³/mol. The third kappa shape index (κ3) is 1.92. The molecule has 0 N–H and O–H groups in total. The first-order chi connectivity index (χ1) is 8.75. The standard InChI is InChI=1S/C12H16N4O2/c1-8(2)16-10(3-5-13-16)12-14-11(15-18-12)9-4-6-17-7-9/h3,5,8-9H,4,6-7H2,1-2H3/t9-/m1/s1. The van der Waals surface area contributed by atoms with Gasteiger partial charge >= 0.3 is 0 Å². The molecule has 0 unspecified atom stereocenters. The minimum Gasteiger partial charge on any atom is -0.381 e. The molecule has 0 aliphatic carbocycles. The van der Waals surface area contributed by atoms with Crippen molar-refractivity contribution in [1.29, 1.82) is 0 Å². The van der Waals surface area contributed by atoms with Gasteiger partial charge in [0.2, 0.25) is 0 Å². The van der Waals surface area contributed by atoms with Gasteiger partial charge in [0.1, 0.15) is 5.69 Å². The van der Waals surface area contributed by atoms with Gasteiger partial charge in [-0.1, -0.05) is 5.16 Å². The highest BCUT2D eigenvalue weighted by atomic mass is 16.5. The van der Waals surface area contributed by atoms with E-state index in [0.29, 0.717) is 12.5 Å². The van der Waals surface area contributed by atoms with Crippen LogP contribution in [0.2, 0.25) is 0 Å². The van der Waals surface area contributed by atoms with Crippen molar-refractivity contribution in [3.05, 3.63) is 18.1 Å². The third-order valence-corrected chi connectivity index (χ3v) is 3.12. The Hall–Kier alpha value is -1.69. The van der Waals surface area contributed by atoms with Crippen LogP contribution < -0.4 is 0 Å². The van der Waals surface area contributed by atoms with Gasteiger partial charge < -0.3 is 9.26 Å². The molecular weight excluding hydrogens is 232 g/mol. The van der Waals surface area contributed by atoms with Gasteiger partial charge in [0.25, 0.3) is 5.89 Å². The Bertz CT molecular complexity index is 526. The summed E-state index contributed by atoms with van der Waals surface area (Å²) in [5.74, 6) is 1.53. The molecule has 0 aromatic carbocycles. The van der Waals surface area contributed by atoms with Crippen molar-refractivity contribution in [2.75, 3.05) is 13.2 Å². The van der Waals surface area contributed by atoms with Crippen LogP contribution in [0.15, 0.2) is 16.8 Å². The second-order valence-corrected chi connectivity index (χ2v) is 4.77. The molecule has 96 valence electrons. The van der Waals surface area contributed by atoms with E-state index in [1.165, 1.54) is 0 Å². The van der Waals surface area contributed by atoms with E-state index >= 15 is 0 Å². The average molecular weight is 248 g/mol. The van der Waals surface area contributed by atoms with Crippen molar-refractivity contribution in [3.8, 4) is 11.6 Å². The summed E-state index contributed by atoms with van der Waals surface area (Å²) in [6, 6.07) is 2.16. The maximum absolute atomic E-state index is 5.33. The lowest BCUT2D eigenvalue weighted by Crippen LogP contribution is -2.05. The Morgan fingerprint density at radius 3 is 3.06 bits per heavy atom. The van der Waals surface area contributed by atoms with Crippen LogP contribution in [0, 0.1) is 0 Å². The van der Waals surface area contributed by atoms with Crippen LogP contribution in [0.5, 0.6) is 0 Å². The van der Waals surface area contributed by atoms with E-state index < -0.39 is 0 Å². The highest BCUT2D eigenvalue weighted by Gasteiger charge is 2.24. The number of aromatic nitrogens is 4. The van der Waals surface area contributed by atoms with Gasteiger partial charge in [0.15, 0.2) is 5.82 Å². The maximum atomic E-state index is 5.33. The number of hydrogen-bond donors (Lipinski definition) is 0. The van der Waals surface area contributed by atoms with Crippen molar-refractivity contribution < 1.29 is 9.26 Å². The lowest BCUT2D eigenvalue weighted by Gasteiger charge is -2.07. The second kappa shape index (κ2) is 4.53. The molecule has 2 aromatic heterocycles. The fraction of sp³-hybridized carbons (Fsp3) is 0.583. The number of rotatable bonds is 3.